The van der Waals surface area contributed by atoms with Crippen LogP contribution in [0.2, 0.25) is 0 Å². The molecule has 0 atom stereocenters. The van der Waals surface area contributed by atoms with E-state index in [1.807, 2.05) is 24.3 Å². The van der Waals surface area contributed by atoms with Crippen molar-refractivity contribution in [3.63, 3.8) is 0 Å². The van der Waals surface area contributed by atoms with Crippen LogP contribution in [-0.4, -0.2) is 30.8 Å². The van der Waals surface area contributed by atoms with Gasteiger partial charge in [0.05, 0.1) is 18.2 Å². The standard InChI is InChI=1S/C20H23N3O5/c1-20(2,3)15-5-8-17(9-6-15)28-13-19(24)22-21-12-14-11-16(23(25)26)7-10-18(14)27-4/h5-12H,13H2,1-4H3,(H,22,24)/b21-12-. The van der Waals surface area contributed by atoms with Crippen LogP contribution in [0.1, 0.15) is 31.9 Å². The Bertz CT molecular complexity index is 870. The summed E-state index contributed by atoms with van der Waals surface area (Å²) in [5, 5.41) is 14.7. The number of benzene rings is 2. The number of non-ortho nitro benzene ring substituents is 1. The van der Waals surface area contributed by atoms with Gasteiger partial charge in [-0.15, -0.1) is 0 Å². The third-order valence-electron chi connectivity index (χ3n) is 3.91. The predicted molar refractivity (Wildman–Crippen MR) is 106 cm³/mol. The van der Waals surface area contributed by atoms with Crippen LogP contribution in [0.3, 0.4) is 0 Å². The molecule has 0 aliphatic carbocycles. The third-order valence-corrected chi connectivity index (χ3v) is 3.91. The second-order valence-corrected chi connectivity index (χ2v) is 7.04. The molecule has 148 valence electrons. The van der Waals surface area contributed by atoms with Crippen LogP contribution in [0, 0.1) is 10.1 Å². The van der Waals surface area contributed by atoms with Gasteiger partial charge in [-0.2, -0.15) is 5.10 Å². The first-order valence-corrected chi connectivity index (χ1v) is 8.58. The summed E-state index contributed by atoms with van der Waals surface area (Å²) in [6.45, 7) is 6.14. The fourth-order valence-electron chi connectivity index (χ4n) is 2.34. The minimum Gasteiger partial charge on any atom is -0.496 e. The molecule has 28 heavy (non-hydrogen) atoms. The molecule has 0 aliphatic rings. The highest BCUT2D eigenvalue weighted by atomic mass is 16.6. The number of carbonyl (C=O) groups is 1. The zero-order chi connectivity index (χ0) is 20.7. The maximum atomic E-state index is 11.9. The topological polar surface area (TPSA) is 103 Å². The van der Waals surface area contributed by atoms with E-state index in [2.05, 4.69) is 31.3 Å². The molecule has 2 rings (SSSR count). The number of nitrogens with zero attached hydrogens (tertiary/aromatic N) is 2. The lowest BCUT2D eigenvalue weighted by Crippen LogP contribution is -2.24. The van der Waals surface area contributed by atoms with E-state index < -0.39 is 10.8 Å². The summed E-state index contributed by atoms with van der Waals surface area (Å²) >= 11 is 0. The van der Waals surface area contributed by atoms with Gasteiger partial charge in [-0.25, -0.2) is 5.43 Å². The first kappa shape index (κ1) is 20.9. The number of carbonyl (C=O) groups excluding carboxylic acids is 1. The third kappa shape index (κ3) is 5.80. The Morgan fingerprint density at radius 3 is 2.46 bits per heavy atom. The number of ether oxygens (including phenoxy) is 2. The van der Waals surface area contributed by atoms with Crippen molar-refractivity contribution >= 4 is 17.8 Å². The van der Waals surface area contributed by atoms with Gasteiger partial charge in [0.15, 0.2) is 6.61 Å². The van der Waals surface area contributed by atoms with Gasteiger partial charge in [-0.1, -0.05) is 32.9 Å². The molecule has 0 saturated heterocycles. The summed E-state index contributed by atoms with van der Waals surface area (Å²) in [7, 11) is 1.44. The maximum absolute atomic E-state index is 11.9. The zero-order valence-corrected chi connectivity index (χ0v) is 16.3. The summed E-state index contributed by atoms with van der Waals surface area (Å²) in [5.74, 6) is 0.520. The summed E-state index contributed by atoms with van der Waals surface area (Å²) in [5.41, 5.74) is 3.79. The number of nitrogens with one attached hydrogen (secondary N) is 1. The molecule has 0 spiro atoms. The molecule has 8 nitrogen and oxygen atoms in total. The van der Waals surface area contributed by atoms with Crippen molar-refractivity contribution in [3.8, 4) is 11.5 Å². The van der Waals surface area contributed by atoms with Crippen molar-refractivity contribution in [2.75, 3.05) is 13.7 Å². The average molecular weight is 385 g/mol. The number of hydrazone groups is 1. The Hall–Kier alpha value is -3.42. The van der Waals surface area contributed by atoms with Gasteiger partial charge in [-0.3, -0.25) is 14.9 Å². The van der Waals surface area contributed by atoms with E-state index in [-0.39, 0.29) is 17.7 Å². The fraction of sp³-hybridized carbons (Fsp3) is 0.300. The van der Waals surface area contributed by atoms with E-state index in [4.69, 9.17) is 9.47 Å². The normalized spacial score (nSPS) is 11.3. The number of hydrogen-bond acceptors (Lipinski definition) is 6. The Labute approximate surface area is 163 Å². The Balaban J connectivity index is 1.92. The number of nitro benzene ring substituents is 1. The molecular formula is C20H23N3O5. The van der Waals surface area contributed by atoms with E-state index in [0.717, 1.165) is 0 Å². The van der Waals surface area contributed by atoms with Crippen LogP contribution >= 0.6 is 0 Å². The largest absolute Gasteiger partial charge is 0.496 e. The number of rotatable bonds is 7. The SMILES string of the molecule is COc1ccc([N+](=O)[O-])cc1/C=N\NC(=O)COc1ccc(C(C)(C)C)cc1. The Morgan fingerprint density at radius 2 is 1.89 bits per heavy atom. The fourth-order valence-corrected chi connectivity index (χ4v) is 2.34. The molecule has 1 amide bonds. The lowest BCUT2D eigenvalue weighted by molar-refractivity contribution is -0.384. The molecule has 2 aromatic carbocycles. The molecular weight excluding hydrogens is 362 g/mol. The van der Waals surface area contributed by atoms with Gasteiger partial charge in [0, 0.05) is 17.7 Å². The molecule has 0 radical (unpaired) electrons. The van der Waals surface area contributed by atoms with Crippen LogP contribution < -0.4 is 14.9 Å². The molecule has 2 aromatic rings. The number of hydrogen-bond donors (Lipinski definition) is 1. The zero-order valence-electron chi connectivity index (χ0n) is 16.3. The minimum atomic E-state index is -0.520. The highest BCUT2D eigenvalue weighted by Crippen LogP contribution is 2.24. The summed E-state index contributed by atoms with van der Waals surface area (Å²) < 4.78 is 10.6. The second-order valence-electron chi connectivity index (χ2n) is 7.04. The van der Waals surface area contributed by atoms with Gasteiger partial charge in [0.1, 0.15) is 11.5 Å². The Morgan fingerprint density at radius 1 is 1.21 bits per heavy atom. The van der Waals surface area contributed by atoms with Crippen molar-refractivity contribution in [2.45, 2.75) is 26.2 Å². The molecule has 0 aliphatic heterocycles. The monoisotopic (exact) mass is 385 g/mol. The molecule has 0 bridgehead atoms. The van der Waals surface area contributed by atoms with E-state index in [1.165, 1.54) is 37.1 Å². The first-order chi connectivity index (χ1) is 13.2. The molecule has 0 fully saturated rings. The van der Waals surface area contributed by atoms with Crippen molar-refractivity contribution in [1.29, 1.82) is 0 Å². The number of methoxy groups -OCH3 is 1. The van der Waals surface area contributed by atoms with Gasteiger partial charge in [0.2, 0.25) is 0 Å². The van der Waals surface area contributed by atoms with Crippen LogP contribution in [0.15, 0.2) is 47.6 Å². The quantitative estimate of drug-likeness (QED) is 0.447. The van der Waals surface area contributed by atoms with Crippen molar-refractivity contribution in [2.24, 2.45) is 5.10 Å². The van der Waals surface area contributed by atoms with E-state index in [9.17, 15) is 14.9 Å². The first-order valence-electron chi connectivity index (χ1n) is 8.58. The summed E-state index contributed by atoms with van der Waals surface area (Å²) in [6, 6.07) is 11.6. The van der Waals surface area contributed by atoms with Gasteiger partial charge < -0.3 is 9.47 Å². The van der Waals surface area contributed by atoms with Crippen molar-refractivity contribution in [3.05, 3.63) is 63.7 Å². The Kier molecular flexibility index (Phi) is 6.70. The van der Waals surface area contributed by atoms with E-state index >= 15 is 0 Å². The summed E-state index contributed by atoms with van der Waals surface area (Å²) in [6.07, 6.45) is 1.28. The number of nitro groups is 1. The predicted octanol–water partition coefficient (Wildman–Crippen LogP) is 3.43. The lowest BCUT2D eigenvalue weighted by atomic mass is 9.87. The molecule has 0 saturated carbocycles. The van der Waals surface area contributed by atoms with Gasteiger partial charge in [-0.05, 0) is 29.2 Å². The second kappa shape index (κ2) is 8.98. The maximum Gasteiger partial charge on any atom is 0.277 e. The van der Waals surface area contributed by atoms with Crippen LogP contribution in [0.5, 0.6) is 11.5 Å². The van der Waals surface area contributed by atoms with E-state index in [1.54, 1.807) is 0 Å². The van der Waals surface area contributed by atoms with Gasteiger partial charge in [0.25, 0.3) is 11.6 Å². The average Bonchev–Trinajstić information content (AvgIpc) is 2.65. The lowest BCUT2D eigenvalue weighted by Gasteiger charge is -2.19. The molecule has 0 unspecified atom stereocenters. The molecule has 0 heterocycles. The van der Waals surface area contributed by atoms with Crippen LogP contribution in [0.4, 0.5) is 5.69 Å². The van der Waals surface area contributed by atoms with Crippen LogP contribution in [-0.2, 0) is 10.2 Å². The molecule has 0 aromatic heterocycles. The number of amides is 1. The summed E-state index contributed by atoms with van der Waals surface area (Å²) in [4.78, 5) is 22.2. The molecule has 1 N–H and O–H groups in total. The highest BCUT2D eigenvalue weighted by Gasteiger charge is 2.13. The van der Waals surface area contributed by atoms with Crippen molar-refractivity contribution in [1.82, 2.24) is 5.43 Å². The molecule has 8 heteroatoms. The minimum absolute atomic E-state index is 0.0399. The van der Waals surface area contributed by atoms with E-state index in [0.29, 0.717) is 17.1 Å². The highest BCUT2D eigenvalue weighted by molar-refractivity contribution is 5.86. The van der Waals surface area contributed by atoms with Crippen LogP contribution in [0.25, 0.3) is 0 Å². The van der Waals surface area contributed by atoms with Gasteiger partial charge >= 0.3 is 0 Å². The smallest absolute Gasteiger partial charge is 0.277 e. The van der Waals surface area contributed by atoms with Crippen molar-refractivity contribution < 1.29 is 19.2 Å².